The minimum atomic E-state index is -0.697. The molecule has 1 aromatic carbocycles. The van der Waals surface area contributed by atoms with E-state index in [1.165, 1.54) is 12.1 Å². The molecule has 0 spiro atoms. The third-order valence-corrected chi connectivity index (χ3v) is 2.31. The SMILES string of the molecule is CCOC(=O)c1c(Cl)ccc(CC=O)c1O. The van der Waals surface area contributed by atoms with Gasteiger partial charge < -0.3 is 14.6 Å². The van der Waals surface area contributed by atoms with Gasteiger partial charge in [0.2, 0.25) is 0 Å². The van der Waals surface area contributed by atoms with Crippen LogP contribution in [0.1, 0.15) is 22.8 Å². The third kappa shape index (κ3) is 2.52. The van der Waals surface area contributed by atoms with Gasteiger partial charge in [0.05, 0.1) is 11.6 Å². The second-order valence-corrected chi connectivity index (χ2v) is 3.43. The molecule has 0 aliphatic heterocycles. The molecular formula is C11H11ClO4. The quantitative estimate of drug-likeness (QED) is 0.648. The number of halogens is 1. The summed E-state index contributed by atoms with van der Waals surface area (Å²) < 4.78 is 4.75. The first-order valence-corrected chi connectivity index (χ1v) is 5.10. The summed E-state index contributed by atoms with van der Waals surface area (Å²) in [6, 6.07) is 2.95. The summed E-state index contributed by atoms with van der Waals surface area (Å²) >= 11 is 5.78. The number of rotatable bonds is 4. The fraction of sp³-hybridized carbons (Fsp3) is 0.273. The highest BCUT2D eigenvalue weighted by Gasteiger charge is 2.19. The topological polar surface area (TPSA) is 63.6 Å². The van der Waals surface area contributed by atoms with Crippen molar-refractivity contribution in [2.24, 2.45) is 0 Å². The molecule has 0 saturated carbocycles. The lowest BCUT2D eigenvalue weighted by atomic mass is 10.1. The summed E-state index contributed by atoms with van der Waals surface area (Å²) in [6.45, 7) is 1.84. The van der Waals surface area contributed by atoms with Crippen molar-refractivity contribution in [3.63, 3.8) is 0 Å². The standard InChI is InChI=1S/C11H11ClO4/c1-2-16-11(15)9-8(12)4-3-7(5-6-13)10(9)14/h3-4,6,14H,2,5H2,1H3. The van der Waals surface area contributed by atoms with Crippen molar-refractivity contribution in [2.75, 3.05) is 6.61 Å². The smallest absolute Gasteiger partial charge is 0.343 e. The Bertz CT molecular complexity index is 415. The van der Waals surface area contributed by atoms with Gasteiger partial charge in [-0.3, -0.25) is 0 Å². The highest BCUT2D eigenvalue weighted by molar-refractivity contribution is 6.34. The molecule has 0 bridgehead atoms. The van der Waals surface area contributed by atoms with Gasteiger partial charge in [-0.1, -0.05) is 17.7 Å². The number of hydrogen-bond donors (Lipinski definition) is 1. The van der Waals surface area contributed by atoms with Crippen LogP contribution in [0.2, 0.25) is 5.02 Å². The lowest BCUT2D eigenvalue weighted by molar-refractivity contribution is -0.107. The summed E-state index contributed by atoms with van der Waals surface area (Å²) in [5, 5.41) is 9.86. The number of aldehydes is 1. The van der Waals surface area contributed by atoms with Crippen molar-refractivity contribution in [1.82, 2.24) is 0 Å². The molecule has 16 heavy (non-hydrogen) atoms. The Kier molecular flexibility index (Phi) is 4.31. The van der Waals surface area contributed by atoms with Gasteiger partial charge in [-0.25, -0.2) is 4.79 Å². The van der Waals surface area contributed by atoms with E-state index in [-0.39, 0.29) is 29.4 Å². The zero-order valence-corrected chi connectivity index (χ0v) is 9.45. The molecule has 0 saturated heterocycles. The number of carbonyl (C=O) groups is 2. The lowest BCUT2D eigenvalue weighted by Crippen LogP contribution is -2.07. The van der Waals surface area contributed by atoms with E-state index in [0.717, 1.165) is 0 Å². The van der Waals surface area contributed by atoms with Gasteiger partial charge in [-0.2, -0.15) is 0 Å². The normalized spacial score (nSPS) is 9.88. The Morgan fingerprint density at radius 3 is 2.81 bits per heavy atom. The van der Waals surface area contributed by atoms with E-state index in [9.17, 15) is 14.7 Å². The molecule has 0 aliphatic rings. The maximum absolute atomic E-state index is 11.5. The molecule has 0 fully saturated rings. The average molecular weight is 243 g/mol. The number of phenols is 1. The van der Waals surface area contributed by atoms with Crippen LogP contribution < -0.4 is 0 Å². The first-order valence-electron chi connectivity index (χ1n) is 4.72. The number of carbonyl (C=O) groups excluding carboxylic acids is 2. The van der Waals surface area contributed by atoms with Crippen molar-refractivity contribution < 1.29 is 19.4 Å². The predicted molar refractivity (Wildman–Crippen MR) is 58.8 cm³/mol. The van der Waals surface area contributed by atoms with Crippen LogP contribution in [0.4, 0.5) is 0 Å². The maximum atomic E-state index is 11.5. The van der Waals surface area contributed by atoms with Gasteiger partial charge in [-0.15, -0.1) is 0 Å². The van der Waals surface area contributed by atoms with Crippen molar-refractivity contribution in [3.05, 3.63) is 28.3 Å². The third-order valence-electron chi connectivity index (χ3n) is 1.99. The van der Waals surface area contributed by atoms with Crippen LogP contribution in [0.25, 0.3) is 0 Å². The number of hydrogen-bond acceptors (Lipinski definition) is 4. The van der Waals surface area contributed by atoms with Gasteiger partial charge >= 0.3 is 5.97 Å². The largest absolute Gasteiger partial charge is 0.507 e. The van der Waals surface area contributed by atoms with E-state index < -0.39 is 5.97 Å². The van der Waals surface area contributed by atoms with E-state index in [4.69, 9.17) is 16.3 Å². The number of ether oxygens (including phenoxy) is 1. The van der Waals surface area contributed by atoms with Crippen molar-refractivity contribution in [3.8, 4) is 5.75 Å². The van der Waals surface area contributed by atoms with Crippen LogP contribution in [-0.2, 0) is 16.0 Å². The van der Waals surface area contributed by atoms with Crippen LogP contribution in [0.5, 0.6) is 5.75 Å². The maximum Gasteiger partial charge on any atom is 0.343 e. The molecule has 0 aliphatic carbocycles. The van der Waals surface area contributed by atoms with Gasteiger partial charge in [0.1, 0.15) is 17.6 Å². The molecule has 0 aromatic heterocycles. The predicted octanol–water partition coefficient (Wildman–Crippen LogP) is 1.96. The minimum absolute atomic E-state index is 0.0232. The van der Waals surface area contributed by atoms with Crippen LogP contribution in [0, 0.1) is 0 Å². The van der Waals surface area contributed by atoms with Crippen molar-refractivity contribution in [2.45, 2.75) is 13.3 Å². The molecule has 0 atom stereocenters. The van der Waals surface area contributed by atoms with Gasteiger partial charge in [-0.05, 0) is 13.0 Å². The fourth-order valence-electron chi connectivity index (χ4n) is 1.26. The first kappa shape index (κ1) is 12.5. The summed E-state index contributed by atoms with van der Waals surface area (Å²) in [5.41, 5.74) is 0.255. The van der Waals surface area contributed by atoms with Crippen molar-refractivity contribution in [1.29, 1.82) is 0 Å². The molecule has 0 radical (unpaired) electrons. The minimum Gasteiger partial charge on any atom is -0.507 e. The van der Waals surface area contributed by atoms with Gasteiger partial charge in [0, 0.05) is 12.0 Å². The Labute approximate surface area is 97.8 Å². The molecule has 0 unspecified atom stereocenters. The number of aromatic hydroxyl groups is 1. The number of benzene rings is 1. The summed E-state index contributed by atoms with van der Waals surface area (Å²) in [5.74, 6) is -0.990. The second-order valence-electron chi connectivity index (χ2n) is 3.02. The zero-order valence-electron chi connectivity index (χ0n) is 8.70. The Balaban J connectivity index is 3.20. The van der Waals surface area contributed by atoms with E-state index in [2.05, 4.69) is 0 Å². The monoisotopic (exact) mass is 242 g/mol. The Hall–Kier alpha value is -1.55. The first-order chi connectivity index (χ1) is 7.61. The molecular weight excluding hydrogens is 232 g/mol. The zero-order chi connectivity index (χ0) is 12.1. The van der Waals surface area contributed by atoms with Crippen LogP contribution in [0.3, 0.4) is 0 Å². The van der Waals surface area contributed by atoms with Crippen molar-refractivity contribution >= 4 is 23.9 Å². The molecule has 0 heterocycles. The summed E-state index contributed by atoms with van der Waals surface area (Å²) in [4.78, 5) is 21.8. The van der Waals surface area contributed by atoms with Gasteiger partial charge in [0.15, 0.2) is 0 Å². The molecule has 1 aromatic rings. The highest BCUT2D eigenvalue weighted by atomic mass is 35.5. The Morgan fingerprint density at radius 2 is 2.25 bits per heavy atom. The fourth-order valence-corrected chi connectivity index (χ4v) is 1.49. The average Bonchev–Trinajstić information content (AvgIpc) is 2.23. The number of phenolic OH excluding ortho intramolecular Hbond substituents is 1. The van der Waals surface area contributed by atoms with Crippen LogP contribution in [-0.4, -0.2) is 24.0 Å². The van der Waals surface area contributed by atoms with Gasteiger partial charge in [0.25, 0.3) is 0 Å². The molecule has 1 N–H and O–H groups in total. The van der Waals surface area contributed by atoms with E-state index in [0.29, 0.717) is 11.8 Å². The molecule has 5 heteroatoms. The molecule has 86 valence electrons. The second kappa shape index (κ2) is 5.51. The Morgan fingerprint density at radius 1 is 1.56 bits per heavy atom. The molecule has 1 rings (SSSR count). The number of esters is 1. The summed E-state index contributed by atoms with van der Waals surface area (Å²) in [7, 11) is 0. The lowest BCUT2D eigenvalue weighted by Gasteiger charge is -2.09. The highest BCUT2D eigenvalue weighted by Crippen LogP contribution is 2.30. The van der Waals surface area contributed by atoms with Crippen LogP contribution >= 0.6 is 11.6 Å². The molecule has 0 amide bonds. The van der Waals surface area contributed by atoms with E-state index in [1.54, 1.807) is 6.92 Å². The van der Waals surface area contributed by atoms with Crippen LogP contribution in [0.15, 0.2) is 12.1 Å². The molecule has 4 nitrogen and oxygen atoms in total. The summed E-state index contributed by atoms with van der Waals surface area (Å²) in [6.07, 6.45) is 0.660. The van der Waals surface area contributed by atoms with E-state index in [1.807, 2.05) is 0 Å². The van der Waals surface area contributed by atoms with E-state index >= 15 is 0 Å².